The lowest BCUT2D eigenvalue weighted by Gasteiger charge is -2.13. The van der Waals surface area contributed by atoms with Gasteiger partial charge in [0.25, 0.3) is 11.2 Å². The van der Waals surface area contributed by atoms with E-state index in [0.717, 1.165) is 0 Å². The summed E-state index contributed by atoms with van der Waals surface area (Å²) in [5.74, 6) is -0.386. The molecular weight excluding hydrogens is 288 g/mol. The minimum Gasteiger partial charge on any atom is -0.710 e. The van der Waals surface area contributed by atoms with Crippen LogP contribution in [0.15, 0.2) is 48.5 Å². The molecular formula is C14H10N4O4. The Hall–Kier alpha value is -3.42. The van der Waals surface area contributed by atoms with Crippen LogP contribution in [0.3, 0.4) is 0 Å². The molecule has 0 saturated carbocycles. The number of hydrogen-bond donors (Lipinski definition) is 1. The van der Waals surface area contributed by atoms with E-state index in [9.17, 15) is 20.5 Å². The van der Waals surface area contributed by atoms with Crippen molar-refractivity contribution in [2.75, 3.05) is 5.73 Å². The van der Waals surface area contributed by atoms with Gasteiger partial charge in [0.2, 0.25) is 5.52 Å². The topological polar surface area (TPSA) is 123 Å². The summed E-state index contributed by atoms with van der Waals surface area (Å²) in [5.41, 5.74) is 5.40. The fourth-order valence-electron chi connectivity index (χ4n) is 2.34. The standard InChI is InChI=1S/C14H10N4O4/c15-14-13(9-5-1-2-6-10(9)18(21)22)16(19)11-7-3-4-8-12(11)17(14)20/h1-8H,15H2. The first-order valence-electron chi connectivity index (χ1n) is 6.29. The molecule has 110 valence electrons. The second kappa shape index (κ2) is 4.85. The summed E-state index contributed by atoms with van der Waals surface area (Å²) in [6.45, 7) is 0. The van der Waals surface area contributed by atoms with Crippen LogP contribution < -0.4 is 15.2 Å². The number of benzene rings is 2. The van der Waals surface area contributed by atoms with Gasteiger partial charge in [0, 0.05) is 12.1 Å². The summed E-state index contributed by atoms with van der Waals surface area (Å²) in [7, 11) is 0. The zero-order valence-corrected chi connectivity index (χ0v) is 11.2. The van der Waals surface area contributed by atoms with Gasteiger partial charge in [-0.25, -0.2) is 4.73 Å². The predicted octanol–water partition coefficient (Wildman–Crippen LogP) is 1.26. The summed E-state index contributed by atoms with van der Waals surface area (Å²) in [6.07, 6.45) is 0. The lowest BCUT2D eigenvalue weighted by Crippen LogP contribution is -2.43. The number of nitrogens with zero attached hydrogens (tertiary/aromatic N) is 3. The van der Waals surface area contributed by atoms with Gasteiger partial charge < -0.3 is 10.4 Å². The molecule has 0 aliphatic rings. The van der Waals surface area contributed by atoms with Crippen molar-refractivity contribution in [3.8, 4) is 11.3 Å². The highest BCUT2D eigenvalue weighted by atomic mass is 16.6. The van der Waals surface area contributed by atoms with Crippen molar-refractivity contribution in [3.63, 3.8) is 0 Å². The van der Waals surface area contributed by atoms with Gasteiger partial charge in [-0.1, -0.05) is 24.3 Å². The number of nitro benzene ring substituents is 1. The van der Waals surface area contributed by atoms with Crippen LogP contribution in [-0.2, 0) is 0 Å². The Kier molecular flexibility index (Phi) is 2.99. The van der Waals surface area contributed by atoms with Gasteiger partial charge in [-0.05, 0) is 12.1 Å². The molecule has 1 aromatic heterocycles. The highest BCUT2D eigenvalue weighted by Crippen LogP contribution is 2.30. The molecule has 22 heavy (non-hydrogen) atoms. The number of hydrogen-bond acceptors (Lipinski definition) is 5. The van der Waals surface area contributed by atoms with Crippen LogP contribution in [0.5, 0.6) is 0 Å². The molecule has 1 heterocycles. The third-order valence-electron chi connectivity index (χ3n) is 3.34. The summed E-state index contributed by atoms with van der Waals surface area (Å²) >= 11 is 0. The first kappa shape index (κ1) is 13.6. The summed E-state index contributed by atoms with van der Waals surface area (Å²) in [4.78, 5) is 10.5. The fraction of sp³-hybridized carbons (Fsp3) is 0. The lowest BCUT2D eigenvalue weighted by molar-refractivity contribution is -0.609. The average Bonchev–Trinajstić information content (AvgIpc) is 2.53. The number of nitrogens with two attached hydrogens (primary N) is 1. The van der Waals surface area contributed by atoms with E-state index in [4.69, 9.17) is 5.73 Å². The van der Waals surface area contributed by atoms with E-state index in [1.54, 1.807) is 12.1 Å². The van der Waals surface area contributed by atoms with Crippen LogP contribution in [0.2, 0.25) is 0 Å². The van der Waals surface area contributed by atoms with E-state index in [2.05, 4.69) is 0 Å². The van der Waals surface area contributed by atoms with Gasteiger partial charge in [0.1, 0.15) is 5.56 Å². The number of nitrogen functional groups attached to an aromatic ring is 1. The average molecular weight is 298 g/mol. The molecule has 0 aliphatic carbocycles. The Morgan fingerprint density at radius 2 is 1.45 bits per heavy atom. The Morgan fingerprint density at radius 3 is 2.09 bits per heavy atom. The van der Waals surface area contributed by atoms with E-state index < -0.39 is 4.92 Å². The van der Waals surface area contributed by atoms with Gasteiger partial charge in [0.05, 0.1) is 4.92 Å². The maximum absolute atomic E-state index is 12.5. The molecule has 2 aromatic carbocycles. The quantitative estimate of drug-likeness (QED) is 0.330. The van der Waals surface area contributed by atoms with Crippen LogP contribution in [0.1, 0.15) is 0 Å². The summed E-state index contributed by atoms with van der Waals surface area (Å²) < 4.78 is 0.844. The number of aromatic nitrogens is 2. The number of fused-ring (bicyclic) bond motifs is 1. The van der Waals surface area contributed by atoms with Crippen molar-refractivity contribution >= 4 is 22.5 Å². The third-order valence-corrected chi connectivity index (χ3v) is 3.34. The van der Waals surface area contributed by atoms with E-state index in [-0.39, 0.29) is 33.8 Å². The normalized spacial score (nSPS) is 10.7. The van der Waals surface area contributed by atoms with Crippen molar-refractivity contribution < 1.29 is 14.4 Å². The second-order valence-electron chi connectivity index (χ2n) is 4.59. The fourth-order valence-corrected chi connectivity index (χ4v) is 2.34. The lowest BCUT2D eigenvalue weighted by atomic mass is 10.1. The van der Waals surface area contributed by atoms with Gasteiger partial charge >= 0.3 is 11.5 Å². The number of rotatable bonds is 2. The first-order valence-corrected chi connectivity index (χ1v) is 6.29. The number of anilines is 1. The number of para-hydroxylation sites is 3. The SMILES string of the molecule is Nc1c(-c2ccccc2[N+](=O)[O-])[n+]([O-])c2ccccc2[n+]1[O-]. The van der Waals surface area contributed by atoms with E-state index >= 15 is 0 Å². The first-order chi connectivity index (χ1) is 10.5. The van der Waals surface area contributed by atoms with Crippen molar-refractivity contribution in [1.82, 2.24) is 0 Å². The van der Waals surface area contributed by atoms with Crippen LogP contribution in [-0.4, -0.2) is 4.92 Å². The monoisotopic (exact) mass is 298 g/mol. The third kappa shape index (κ3) is 1.85. The smallest absolute Gasteiger partial charge is 0.351 e. The van der Waals surface area contributed by atoms with Crippen molar-refractivity contribution in [3.05, 3.63) is 69.1 Å². The largest absolute Gasteiger partial charge is 0.710 e. The molecule has 0 atom stereocenters. The van der Waals surface area contributed by atoms with E-state index in [1.807, 2.05) is 0 Å². The molecule has 3 rings (SSSR count). The Balaban J connectivity index is 2.45. The minimum absolute atomic E-state index is 0.00430. The molecule has 0 radical (unpaired) electrons. The zero-order chi connectivity index (χ0) is 15.9. The summed E-state index contributed by atoms with van der Waals surface area (Å²) in [6, 6.07) is 11.7. The molecule has 0 aliphatic heterocycles. The molecule has 8 heteroatoms. The Morgan fingerprint density at radius 1 is 0.909 bits per heavy atom. The Labute approximate surface area is 124 Å². The zero-order valence-electron chi connectivity index (χ0n) is 11.2. The Bertz CT molecular complexity index is 911. The van der Waals surface area contributed by atoms with E-state index in [1.165, 1.54) is 36.4 Å². The molecule has 0 amide bonds. The van der Waals surface area contributed by atoms with Crippen molar-refractivity contribution in [2.45, 2.75) is 0 Å². The molecule has 8 nitrogen and oxygen atoms in total. The predicted molar refractivity (Wildman–Crippen MR) is 78.4 cm³/mol. The van der Waals surface area contributed by atoms with Crippen molar-refractivity contribution in [1.29, 1.82) is 0 Å². The van der Waals surface area contributed by atoms with E-state index in [0.29, 0.717) is 9.46 Å². The molecule has 0 bridgehead atoms. The van der Waals surface area contributed by atoms with Gasteiger partial charge in [-0.2, -0.15) is 4.73 Å². The van der Waals surface area contributed by atoms with Crippen LogP contribution in [0.4, 0.5) is 11.5 Å². The molecule has 0 fully saturated rings. The second-order valence-corrected chi connectivity index (χ2v) is 4.59. The minimum atomic E-state index is -0.626. The molecule has 0 spiro atoms. The summed E-state index contributed by atoms with van der Waals surface area (Å²) in [5, 5.41) is 35.9. The van der Waals surface area contributed by atoms with Gasteiger partial charge in [-0.3, -0.25) is 15.8 Å². The molecule has 0 unspecified atom stereocenters. The van der Waals surface area contributed by atoms with Crippen molar-refractivity contribution in [2.24, 2.45) is 0 Å². The molecule has 3 aromatic rings. The highest BCUT2D eigenvalue weighted by Gasteiger charge is 2.30. The van der Waals surface area contributed by atoms with Crippen LogP contribution in [0.25, 0.3) is 22.3 Å². The van der Waals surface area contributed by atoms with Crippen LogP contribution >= 0.6 is 0 Å². The van der Waals surface area contributed by atoms with Gasteiger partial charge in [0.15, 0.2) is 0 Å². The highest BCUT2D eigenvalue weighted by molar-refractivity contribution is 5.78. The maximum atomic E-state index is 12.5. The molecule has 0 saturated heterocycles. The maximum Gasteiger partial charge on any atom is 0.351 e. The van der Waals surface area contributed by atoms with Crippen LogP contribution in [0, 0.1) is 20.5 Å². The van der Waals surface area contributed by atoms with Gasteiger partial charge in [-0.15, -0.1) is 0 Å². The molecule has 2 N–H and O–H groups in total. The number of nitro groups is 1.